The minimum atomic E-state index is -0.654. The van der Waals surface area contributed by atoms with Crippen molar-refractivity contribution >= 4 is 0 Å². The second-order valence-electron chi connectivity index (χ2n) is 4.90. The number of methoxy groups -OCH3 is 2. The minimum absolute atomic E-state index is 0.654. The van der Waals surface area contributed by atoms with Gasteiger partial charge in [-0.3, -0.25) is 0 Å². The fraction of sp³-hybridized carbons (Fsp3) is 0.571. The predicted octanol–water partition coefficient (Wildman–Crippen LogP) is 2.72. The summed E-state index contributed by atoms with van der Waals surface area (Å²) < 4.78 is 10.7. The van der Waals surface area contributed by atoms with Crippen molar-refractivity contribution in [2.45, 2.75) is 39.2 Å². The second-order valence-corrected chi connectivity index (χ2v) is 4.90. The van der Waals surface area contributed by atoms with Crippen molar-refractivity contribution in [3.63, 3.8) is 0 Å². The molecule has 0 saturated carbocycles. The van der Waals surface area contributed by atoms with Gasteiger partial charge in [-0.05, 0) is 45.2 Å². The molecule has 0 saturated heterocycles. The third-order valence-electron chi connectivity index (χ3n) is 2.87. The van der Waals surface area contributed by atoms with Gasteiger partial charge < -0.3 is 14.6 Å². The number of hydrogen-bond donors (Lipinski definition) is 1. The van der Waals surface area contributed by atoms with Crippen LogP contribution in [0.3, 0.4) is 0 Å². The molecule has 0 amide bonds. The van der Waals surface area contributed by atoms with E-state index < -0.39 is 5.60 Å². The van der Waals surface area contributed by atoms with Crippen LogP contribution in [0.1, 0.15) is 31.4 Å². The van der Waals surface area contributed by atoms with E-state index in [0.29, 0.717) is 6.42 Å². The van der Waals surface area contributed by atoms with E-state index in [1.807, 2.05) is 32.9 Å². The van der Waals surface area contributed by atoms with Crippen LogP contribution in [0, 0.1) is 6.92 Å². The van der Waals surface area contributed by atoms with Gasteiger partial charge in [0, 0.05) is 5.56 Å². The highest BCUT2D eigenvalue weighted by Crippen LogP contribution is 2.32. The Morgan fingerprint density at radius 1 is 1.18 bits per heavy atom. The Labute approximate surface area is 103 Å². The van der Waals surface area contributed by atoms with E-state index in [-0.39, 0.29) is 0 Å². The van der Waals surface area contributed by atoms with Crippen molar-refractivity contribution in [3.8, 4) is 11.5 Å². The number of aryl methyl sites for hydroxylation is 1. The molecule has 96 valence electrons. The molecule has 0 fully saturated rings. The van der Waals surface area contributed by atoms with Gasteiger partial charge in [-0.1, -0.05) is 6.07 Å². The molecule has 0 unspecified atom stereocenters. The SMILES string of the molecule is COc1ccc(CCC(C)(C)O)c(OC)c1C. The van der Waals surface area contributed by atoms with Crippen LogP contribution in [0.25, 0.3) is 0 Å². The van der Waals surface area contributed by atoms with Gasteiger partial charge in [-0.15, -0.1) is 0 Å². The van der Waals surface area contributed by atoms with Crippen LogP contribution in [0.2, 0.25) is 0 Å². The monoisotopic (exact) mass is 238 g/mol. The van der Waals surface area contributed by atoms with Crippen molar-refractivity contribution in [3.05, 3.63) is 23.3 Å². The predicted molar refractivity (Wildman–Crippen MR) is 68.9 cm³/mol. The average molecular weight is 238 g/mol. The van der Waals surface area contributed by atoms with Gasteiger partial charge in [0.25, 0.3) is 0 Å². The smallest absolute Gasteiger partial charge is 0.128 e. The lowest BCUT2D eigenvalue weighted by molar-refractivity contribution is 0.0712. The van der Waals surface area contributed by atoms with Crippen molar-refractivity contribution in [1.82, 2.24) is 0 Å². The standard InChI is InChI=1S/C14H22O3/c1-10-12(16-4)7-6-11(13(10)17-5)8-9-14(2,3)15/h6-7,15H,8-9H2,1-5H3. The van der Waals surface area contributed by atoms with Crippen LogP contribution < -0.4 is 9.47 Å². The molecule has 1 N–H and O–H groups in total. The van der Waals surface area contributed by atoms with Crippen LogP contribution in [-0.2, 0) is 6.42 Å². The highest BCUT2D eigenvalue weighted by Gasteiger charge is 2.16. The number of benzene rings is 1. The molecular weight excluding hydrogens is 216 g/mol. The molecule has 0 atom stereocenters. The topological polar surface area (TPSA) is 38.7 Å². The van der Waals surface area contributed by atoms with E-state index in [2.05, 4.69) is 0 Å². The molecular formula is C14H22O3. The molecule has 3 heteroatoms. The summed E-state index contributed by atoms with van der Waals surface area (Å²) in [7, 11) is 3.31. The van der Waals surface area contributed by atoms with Crippen molar-refractivity contribution in [2.75, 3.05) is 14.2 Å². The molecule has 0 heterocycles. The van der Waals surface area contributed by atoms with E-state index in [0.717, 1.165) is 29.0 Å². The molecule has 1 aromatic carbocycles. The van der Waals surface area contributed by atoms with Gasteiger partial charge in [0.05, 0.1) is 19.8 Å². The molecule has 0 aliphatic heterocycles. The second kappa shape index (κ2) is 5.41. The molecule has 0 aromatic heterocycles. The molecule has 0 radical (unpaired) electrons. The fourth-order valence-electron chi connectivity index (χ4n) is 1.87. The first-order valence-corrected chi connectivity index (χ1v) is 5.82. The maximum absolute atomic E-state index is 9.75. The Kier molecular flexibility index (Phi) is 4.40. The zero-order chi connectivity index (χ0) is 13.1. The molecule has 0 spiro atoms. The Balaban J connectivity index is 2.97. The fourth-order valence-corrected chi connectivity index (χ4v) is 1.87. The quantitative estimate of drug-likeness (QED) is 0.857. The molecule has 3 nitrogen and oxygen atoms in total. The Bertz CT molecular complexity index is 378. The molecule has 1 rings (SSSR count). The van der Waals surface area contributed by atoms with Gasteiger partial charge in [-0.2, -0.15) is 0 Å². The maximum atomic E-state index is 9.75. The first kappa shape index (κ1) is 13.8. The summed E-state index contributed by atoms with van der Waals surface area (Å²) in [5.41, 5.74) is 1.45. The Hall–Kier alpha value is -1.22. The summed E-state index contributed by atoms with van der Waals surface area (Å²) in [4.78, 5) is 0. The zero-order valence-electron chi connectivity index (χ0n) is 11.3. The largest absolute Gasteiger partial charge is 0.496 e. The van der Waals surface area contributed by atoms with Gasteiger partial charge in [0.15, 0.2) is 0 Å². The lowest BCUT2D eigenvalue weighted by Gasteiger charge is -2.19. The molecule has 0 bridgehead atoms. The molecule has 0 aliphatic carbocycles. The van der Waals surface area contributed by atoms with Crippen LogP contribution in [0.15, 0.2) is 12.1 Å². The highest BCUT2D eigenvalue weighted by molar-refractivity contribution is 5.49. The van der Waals surface area contributed by atoms with Crippen LogP contribution in [0.5, 0.6) is 11.5 Å². The summed E-state index contributed by atoms with van der Waals surface area (Å²) in [6, 6.07) is 3.94. The summed E-state index contributed by atoms with van der Waals surface area (Å²) in [6.07, 6.45) is 1.49. The summed E-state index contributed by atoms with van der Waals surface area (Å²) in [5.74, 6) is 1.68. The Morgan fingerprint density at radius 2 is 1.82 bits per heavy atom. The van der Waals surface area contributed by atoms with Crippen molar-refractivity contribution in [1.29, 1.82) is 0 Å². The average Bonchev–Trinajstić information content (AvgIpc) is 2.25. The first-order chi connectivity index (χ1) is 7.89. The third-order valence-corrected chi connectivity index (χ3v) is 2.87. The van der Waals surface area contributed by atoms with E-state index in [9.17, 15) is 5.11 Å². The number of aliphatic hydroxyl groups is 1. The minimum Gasteiger partial charge on any atom is -0.496 e. The summed E-state index contributed by atoms with van der Waals surface area (Å²) in [6.45, 7) is 5.61. The number of ether oxygens (including phenoxy) is 2. The van der Waals surface area contributed by atoms with E-state index in [4.69, 9.17) is 9.47 Å². The van der Waals surface area contributed by atoms with Crippen LogP contribution in [-0.4, -0.2) is 24.9 Å². The lowest BCUT2D eigenvalue weighted by atomic mass is 9.97. The van der Waals surface area contributed by atoms with Gasteiger partial charge >= 0.3 is 0 Å². The summed E-state index contributed by atoms with van der Waals surface area (Å²) >= 11 is 0. The van der Waals surface area contributed by atoms with E-state index >= 15 is 0 Å². The van der Waals surface area contributed by atoms with E-state index in [1.54, 1.807) is 14.2 Å². The van der Waals surface area contributed by atoms with Gasteiger partial charge in [0.2, 0.25) is 0 Å². The zero-order valence-corrected chi connectivity index (χ0v) is 11.3. The number of hydrogen-bond acceptors (Lipinski definition) is 3. The van der Waals surface area contributed by atoms with Crippen molar-refractivity contribution < 1.29 is 14.6 Å². The first-order valence-electron chi connectivity index (χ1n) is 5.82. The van der Waals surface area contributed by atoms with Crippen LogP contribution in [0.4, 0.5) is 0 Å². The molecule has 1 aromatic rings. The van der Waals surface area contributed by atoms with Gasteiger partial charge in [-0.25, -0.2) is 0 Å². The Morgan fingerprint density at radius 3 is 2.29 bits per heavy atom. The van der Waals surface area contributed by atoms with Gasteiger partial charge in [0.1, 0.15) is 11.5 Å². The molecule has 17 heavy (non-hydrogen) atoms. The van der Waals surface area contributed by atoms with Crippen molar-refractivity contribution in [2.24, 2.45) is 0 Å². The normalized spacial score (nSPS) is 11.4. The third kappa shape index (κ3) is 3.63. The maximum Gasteiger partial charge on any atom is 0.128 e. The van der Waals surface area contributed by atoms with E-state index in [1.165, 1.54) is 0 Å². The van der Waals surface area contributed by atoms with Crippen LogP contribution >= 0.6 is 0 Å². The number of rotatable bonds is 5. The summed E-state index contributed by atoms with van der Waals surface area (Å²) in [5, 5.41) is 9.75. The molecule has 0 aliphatic rings. The lowest BCUT2D eigenvalue weighted by Crippen LogP contribution is -2.19. The highest BCUT2D eigenvalue weighted by atomic mass is 16.5.